The summed E-state index contributed by atoms with van der Waals surface area (Å²) in [4.78, 5) is 0. The lowest BCUT2D eigenvalue weighted by molar-refractivity contribution is 0.0708. The summed E-state index contributed by atoms with van der Waals surface area (Å²) < 4.78 is 17.4. The van der Waals surface area contributed by atoms with E-state index in [1.54, 1.807) is 0 Å². The number of nitrogens with one attached hydrogen (secondary N) is 1. The minimum Gasteiger partial charge on any atom is -0.374 e. The molecule has 0 radical (unpaired) electrons. The SMILES string of the molecule is CCO[Si](CC1NCCS1)(OCC)OCC. The Labute approximate surface area is 104 Å². The van der Waals surface area contributed by atoms with Gasteiger partial charge < -0.3 is 18.6 Å². The van der Waals surface area contributed by atoms with Gasteiger partial charge in [0.15, 0.2) is 0 Å². The smallest absolute Gasteiger partial charge is 0.374 e. The van der Waals surface area contributed by atoms with E-state index >= 15 is 0 Å². The van der Waals surface area contributed by atoms with Crippen LogP contribution in [0.2, 0.25) is 6.04 Å². The molecule has 0 spiro atoms. The van der Waals surface area contributed by atoms with E-state index in [1.165, 1.54) is 5.75 Å². The third-order valence-corrected chi connectivity index (χ3v) is 6.89. The molecule has 16 heavy (non-hydrogen) atoms. The first-order valence-corrected chi connectivity index (χ1v) is 9.01. The third-order valence-electron chi connectivity index (χ3n) is 2.32. The van der Waals surface area contributed by atoms with Gasteiger partial charge in [0.2, 0.25) is 0 Å². The Morgan fingerprint density at radius 1 is 1.12 bits per heavy atom. The van der Waals surface area contributed by atoms with Crippen molar-refractivity contribution in [1.82, 2.24) is 5.32 Å². The average Bonchev–Trinajstić information content (AvgIpc) is 2.71. The fraction of sp³-hybridized carbons (Fsp3) is 1.00. The van der Waals surface area contributed by atoms with Crippen LogP contribution >= 0.6 is 11.8 Å². The fourth-order valence-electron chi connectivity index (χ4n) is 1.80. The molecule has 0 aromatic heterocycles. The van der Waals surface area contributed by atoms with Gasteiger partial charge in [0.25, 0.3) is 0 Å². The summed E-state index contributed by atoms with van der Waals surface area (Å²) in [7, 11) is -2.44. The van der Waals surface area contributed by atoms with Gasteiger partial charge in [0.1, 0.15) is 0 Å². The highest BCUT2D eigenvalue weighted by Crippen LogP contribution is 2.26. The quantitative estimate of drug-likeness (QED) is 0.676. The molecule has 1 saturated heterocycles. The highest BCUT2D eigenvalue weighted by molar-refractivity contribution is 8.00. The van der Waals surface area contributed by atoms with Crippen LogP contribution in [0.1, 0.15) is 20.8 Å². The molecule has 0 aliphatic carbocycles. The van der Waals surface area contributed by atoms with Gasteiger partial charge >= 0.3 is 8.80 Å². The molecular weight excluding hydrogens is 242 g/mol. The summed E-state index contributed by atoms with van der Waals surface area (Å²) in [5.41, 5.74) is 0. The second-order valence-electron chi connectivity index (χ2n) is 3.50. The topological polar surface area (TPSA) is 39.7 Å². The average molecular weight is 265 g/mol. The lowest BCUT2D eigenvalue weighted by atomic mass is 10.7. The molecule has 1 rings (SSSR count). The largest absolute Gasteiger partial charge is 0.503 e. The molecule has 4 nitrogen and oxygen atoms in total. The number of thioether (sulfide) groups is 1. The Bertz CT molecular complexity index is 174. The van der Waals surface area contributed by atoms with Gasteiger partial charge in [0.05, 0.1) is 5.37 Å². The second kappa shape index (κ2) is 7.68. The van der Waals surface area contributed by atoms with Gasteiger partial charge in [-0.15, -0.1) is 11.8 Å². The van der Waals surface area contributed by atoms with E-state index in [2.05, 4.69) is 5.32 Å². The lowest BCUT2D eigenvalue weighted by Gasteiger charge is -2.30. The summed E-state index contributed by atoms with van der Waals surface area (Å²) in [5, 5.41) is 3.87. The second-order valence-corrected chi connectivity index (χ2v) is 7.45. The number of rotatable bonds is 8. The molecule has 1 aliphatic rings. The van der Waals surface area contributed by atoms with Crippen molar-refractivity contribution in [2.45, 2.75) is 32.2 Å². The Kier molecular flexibility index (Phi) is 6.94. The molecule has 6 heteroatoms. The Hall–Kier alpha value is 0.407. The molecule has 1 fully saturated rings. The molecule has 96 valence electrons. The minimum absolute atomic E-state index is 0.427. The molecule has 0 aromatic rings. The van der Waals surface area contributed by atoms with E-state index in [0.29, 0.717) is 25.2 Å². The van der Waals surface area contributed by atoms with Crippen LogP contribution in [0.3, 0.4) is 0 Å². The van der Waals surface area contributed by atoms with E-state index in [1.807, 2.05) is 32.5 Å². The van der Waals surface area contributed by atoms with Crippen molar-refractivity contribution in [2.24, 2.45) is 0 Å². The summed E-state index contributed by atoms with van der Waals surface area (Å²) in [6.07, 6.45) is 0. The molecular formula is C10H23NO3SSi. The van der Waals surface area contributed by atoms with Crippen molar-refractivity contribution in [3.8, 4) is 0 Å². The molecule has 0 aromatic carbocycles. The monoisotopic (exact) mass is 265 g/mol. The van der Waals surface area contributed by atoms with Gasteiger partial charge in [-0.2, -0.15) is 0 Å². The minimum atomic E-state index is -2.44. The van der Waals surface area contributed by atoms with E-state index in [9.17, 15) is 0 Å². The normalized spacial score (nSPS) is 21.6. The van der Waals surface area contributed by atoms with Crippen LogP contribution in [0.25, 0.3) is 0 Å². The van der Waals surface area contributed by atoms with Crippen molar-refractivity contribution in [2.75, 3.05) is 32.1 Å². The molecule has 0 saturated carbocycles. The van der Waals surface area contributed by atoms with Crippen molar-refractivity contribution in [3.63, 3.8) is 0 Å². The Morgan fingerprint density at radius 2 is 1.69 bits per heavy atom. The van der Waals surface area contributed by atoms with E-state index in [4.69, 9.17) is 13.3 Å². The van der Waals surface area contributed by atoms with Gasteiger partial charge in [-0.1, -0.05) is 0 Å². The summed E-state index contributed by atoms with van der Waals surface area (Å²) >= 11 is 1.93. The molecule has 0 bridgehead atoms. The van der Waals surface area contributed by atoms with Crippen LogP contribution in [0.4, 0.5) is 0 Å². The van der Waals surface area contributed by atoms with Gasteiger partial charge in [-0.05, 0) is 20.8 Å². The summed E-state index contributed by atoms with van der Waals surface area (Å²) in [6.45, 7) is 9.03. The van der Waals surface area contributed by atoms with Crippen LogP contribution in [0, 0.1) is 0 Å². The van der Waals surface area contributed by atoms with Gasteiger partial charge in [-0.3, -0.25) is 0 Å². The first-order valence-electron chi connectivity index (χ1n) is 6.03. The lowest BCUT2D eigenvalue weighted by Crippen LogP contribution is -2.49. The van der Waals surface area contributed by atoms with Gasteiger partial charge in [-0.25, -0.2) is 0 Å². The van der Waals surface area contributed by atoms with Crippen molar-refractivity contribution >= 4 is 20.6 Å². The predicted molar refractivity (Wildman–Crippen MR) is 69.7 cm³/mol. The molecule has 1 heterocycles. The maximum Gasteiger partial charge on any atom is 0.503 e. The molecule has 1 atom stereocenters. The highest BCUT2D eigenvalue weighted by Gasteiger charge is 2.43. The first kappa shape index (κ1) is 14.5. The summed E-state index contributed by atoms with van der Waals surface area (Å²) in [6, 6.07) is 0.868. The van der Waals surface area contributed by atoms with Crippen molar-refractivity contribution < 1.29 is 13.3 Å². The predicted octanol–water partition coefficient (Wildman–Crippen LogP) is 1.70. The fourth-order valence-corrected chi connectivity index (χ4v) is 6.16. The number of hydrogen-bond donors (Lipinski definition) is 1. The Morgan fingerprint density at radius 3 is 2.06 bits per heavy atom. The standard InChI is InChI=1S/C10H23NO3SSi/c1-4-12-16(13-5-2,14-6-3)9-10-11-7-8-15-10/h10-11H,4-9H2,1-3H3. The summed E-state index contributed by atoms with van der Waals surface area (Å²) in [5.74, 6) is 1.17. The van der Waals surface area contributed by atoms with Crippen LogP contribution in [-0.2, 0) is 13.3 Å². The van der Waals surface area contributed by atoms with E-state index < -0.39 is 8.80 Å². The van der Waals surface area contributed by atoms with Crippen molar-refractivity contribution in [1.29, 1.82) is 0 Å². The molecule has 1 unspecified atom stereocenters. The zero-order valence-electron chi connectivity index (χ0n) is 10.5. The van der Waals surface area contributed by atoms with E-state index in [0.717, 1.165) is 12.6 Å². The molecule has 1 N–H and O–H groups in total. The van der Waals surface area contributed by atoms with Crippen molar-refractivity contribution in [3.05, 3.63) is 0 Å². The van der Waals surface area contributed by atoms with Crippen LogP contribution in [0.15, 0.2) is 0 Å². The van der Waals surface area contributed by atoms with Gasteiger partial charge in [0, 0.05) is 38.2 Å². The third kappa shape index (κ3) is 4.35. The van der Waals surface area contributed by atoms with Crippen LogP contribution < -0.4 is 5.32 Å². The van der Waals surface area contributed by atoms with Crippen LogP contribution in [0.5, 0.6) is 0 Å². The highest BCUT2D eigenvalue weighted by atomic mass is 32.2. The van der Waals surface area contributed by atoms with E-state index in [-0.39, 0.29) is 0 Å². The zero-order chi connectivity index (χ0) is 11.9. The zero-order valence-corrected chi connectivity index (χ0v) is 12.3. The number of hydrogen-bond acceptors (Lipinski definition) is 5. The van der Waals surface area contributed by atoms with Crippen LogP contribution in [-0.4, -0.2) is 46.3 Å². The molecule has 1 aliphatic heterocycles. The molecule has 0 amide bonds. The maximum atomic E-state index is 5.81. The first-order chi connectivity index (χ1) is 7.76. The Balaban J connectivity index is 2.56. The maximum absolute atomic E-state index is 5.81.